The summed E-state index contributed by atoms with van der Waals surface area (Å²) in [5, 5.41) is 0. The fourth-order valence-corrected chi connectivity index (χ4v) is 6.50. The molecule has 295 valence electrons. The summed E-state index contributed by atoms with van der Waals surface area (Å²) >= 11 is 0.764. The zero-order chi connectivity index (χ0) is 38.8. The van der Waals surface area contributed by atoms with E-state index in [1.807, 2.05) is 48.5 Å². The van der Waals surface area contributed by atoms with Crippen LogP contribution in [0, 0.1) is 0 Å². The Morgan fingerprint density at radius 1 is 0.618 bits per heavy atom. The molecule has 0 radical (unpaired) electrons. The van der Waals surface area contributed by atoms with Gasteiger partial charge in [-0.25, -0.2) is 9.97 Å². The van der Waals surface area contributed by atoms with Gasteiger partial charge in [0.2, 0.25) is 0 Å². The van der Waals surface area contributed by atoms with E-state index in [1.54, 1.807) is 0 Å². The van der Waals surface area contributed by atoms with Crippen LogP contribution in [0.2, 0.25) is 0 Å². The van der Waals surface area contributed by atoms with Gasteiger partial charge in [0.15, 0.2) is 0 Å². The van der Waals surface area contributed by atoms with E-state index in [9.17, 15) is 0 Å². The van der Waals surface area contributed by atoms with Crippen molar-refractivity contribution < 1.29 is 30.5 Å². The predicted octanol–water partition coefficient (Wildman–Crippen LogP) is 10.2. The van der Waals surface area contributed by atoms with E-state index in [1.165, 1.54) is 35.4 Å². The third-order valence-electron chi connectivity index (χ3n) is 8.78. The van der Waals surface area contributed by atoms with Gasteiger partial charge in [-0.1, -0.05) is 60.7 Å². The van der Waals surface area contributed by atoms with Crippen molar-refractivity contribution in [2.45, 2.75) is 38.8 Å². The first-order chi connectivity index (χ1) is 26.9. The van der Waals surface area contributed by atoms with Gasteiger partial charge in [0, 0.05) is 50.6 Å². The summed E-state index contributed by atoms with van der Waals surface area (Å²) in [6.45, 7) is 5.32. The Hall–Kier alpha value is -2.79. The molecule has 3 aliphatic heterocycles. The monoisotopic (exact) mass is 910 g/mol. The standard InChI is InChI=1S/C19H19N3.C17H17N5.C4H8O.4ClH.2Co/c1-22(12-16-10-14-6-2-4-8-18(14)20-16)13-17-11-15-7-3-5-9-19(15)21-17;1-22(10-16-18-12-6-2-3-7-13(12)19-16)11-17-20-14-8-4-5-9-15(14)21-17;1-2-4-5-3-1;;;;;;/h2-9H,10-13H2,1H3;2-9H,10-11H2,1H3,(H,18,19)(H,20,21);1-4H2;4*1H;;/q;;;;;;;+2;+3/p-4. The molecule has 2 N–H and O–H groups in total. The van der Waals surface area contributed by atoms with Crippen molar-refractivity contribution >= 4 is 85.5 Å². The SMILES string of the molecule is C1CCOC1.CN(CC1=Nc2ccccc2C1)CC1=Nc2ccccc2C1.CN(Cc1nc2ccccc2[nH]1)Cc1nc2ccccc2[nH]1.[Cl][Co+][Cl].[Cl][Co][Cl]. The number of H-pyrrole nitrogens is 2. The molecule has 1 fully saturated rings. The number of hydrogen-bond donors (Lipinski definition) is 2. The van der Waals surface area contributed by atoms with Crippen molar-refractivity contribution in [2.24, 2.45) is 9.98 Å². The topological polar surface area (TPSA) is 97.8 Å². The van der Waals surface area contributed by atoms with E-state index in [4.69, 9.17) is 55.3 Å². The molecule has 0 aliphatic carbocycles. The van der Waals surface area contributed by atoms with Crippen LogP contribution in [0.25, 0.3) is 22.1 Å². The molecular formula is C40H44Cl4Co2N8O+. The van der Waals surface area contributed by atoms with E-state index < -0.39 is 0 Å². The van der Waals surface area contributed by atoms with Gasteiger partial charge in [0.05, 0.1) is 46.5 Å². The summed E-state index contributed by atoms with van der Waals surface area (Å²) in [7, 11) is 23.2. The first-order valence-electron chi connectivity index (χ1n) is 17.7. The van der Waals surface area contributed by atoms with Crippen molar-refractivity contribution in [3.63, 3.8) is 0 Å². The molecule has 0 saturated carbocycles. The summed E-state index contributed by atoms with van der Waals surface area (Å²) in [4.78, 5) is 29.9. The fraction of sp³-hybridized carbons (Fsp3) is 0.300. The number of aromatic amines is 2. The summed E-state index contributed by atoms with van der Waals surface area (Å²) in [5.74, 6) is 1.94. The van der Waals surface area contributed by atoms with Gasteiger partial charge < -0.3 is 14.7 Å². The van der Waals surface area contributed by atoms with Crippen LogP contribution in [0.1, 0.15) is 35.6 Å². The number of rotatable bonds is 8. The Morgan fingerprint density at radius 2 is 1.00 bits per heavy atom. The number of aromatic nitrogens is 4. The molecule has 0 amide bonds. The number of fused-ring (bicyclic) bond motifs is 4. The number of aliphatic imine (C=N–C) groups is 2. The zero-order valence-corrected chi connectivity index (χ0v) is 35.7. The number of hydrogen-bond acceptors (Lipinski definition) is 7. The van der Waals surface area contributed by atoms with Crippen LogP contribution < -0.4 is 0 Å². The van der Waals surface area contributed by atoms with E-state index in [2.05, 4.69) is 92.4 Å². The molecule has 3 aliphatic rings. The Bertz CT molecular complexity index is 1920. The second-order valence-corrected chi connectivity index (χ2v) is 16.6. The molecule has 0 spiro atoms. The third-order valence-corrected chi connectivity index (χ3v) is 8.78. The number of nitrogens with one attached hydrogen (secondary N) is 2. The maximum atomic E-state index is 4.94. The van der Waals surface area contributed by atoms with E-state index in [0.29, 0.717) is 25.8 Å². The van der Waals surface area contributed by atoms with Gasteiger partial charge in [-0.3, -0.25) is 19.8 Å². The number of halogens is 4. The molecule has 6 aromatic rings. The van der Waals surface area contributed by atoms with Gasteiger partial charge in [-0.15, -0.1) is 0 Å². The molecule has 0 unspecified atom stereocenters. The molecule has 5 heterocycles. The number of para-hydroxylation sites is 6. The van der Waals surface area contributed by atoms with E-state index in [0.717, 1.165) is 97.3 Å². The van der Waals surface area contributed by atoms with Crippen molar-refractivity contribution in [3.8, 4) is 0 Å². The molecule has 9 nitrogen and oxygen atoms in total. The molecule has 15 heteroatoms. The van der Waals surface area contributed by atoms with Crippen molar-refractivity contribution in [1.29, 1.82) is 0 Å². The van der Waals surface area contributed by atoms with Crippen LogP contribution in [0.5, 0.6) is 0 Å². The van der Waals surface area contributed by atoms with Gasteiger partial charge >= 0.3 is 66.4 Å². The molecule has 2 aromatic heterocycles. The third kappa shape index (κ3) is 14.0. The van der Waals surface area contributed by atoms with Gasteiger partial charge in [-0.05, 0) is 74.5 Å². The van der Waals surface area contributed by atoms with E-state index >= 15 is 0 Å². The molecule has 0 bridgehead atoms. The van der Waals surface area contributed by atoms with Crippen molar-refractivity contribution in [1.82, 2.24) is 29.7 Å². The van der Waals surface area contributed by atoms with Crippen LogP contribution in [-0.2, 0) is 56.5 Å². The van der Waals surface area contributed by atoms with Crippen molar-refractivity contribution in [3.05, 3.63) is 120 Å². The van der Waals surface area contributed by atoms with Gasteiger partial charge in [0.25, 0.3) is 0 Å². The summed E-state index contributed by atoms with van der Waals surface area (Å²) in [6.07, 6.45) is 4.51. The van der Waals surface area contributed by atoms with Crippen molar-refractivity contribution in [2.75, 3.05) is 40.4 Å². The molecule has 0 atom stereocenters. The molecular weight excluding hydrogens is 868 g/mol. The molecule has 1 saturated heterocycles. The maximum absolute atomic E-state index is 4.94. The van der Waals surface area contributed by atoms with E-state index in [-0.39, 0.29) is 0 Å². The van der Waals surface area contributed by atoms with Crippen LogP contribution in [0.15, 0.2) is 107 Å². The Morgan fingerprint density at radius 3 is 1.38 bits per heavy atom. The first-order valence-corrected chi connectivity index (χ1v) is 23.4. The Kier molecular flexibility index (Phi) is 18.5. The first kappa shape index (κ1) is 43.3. The summed E-state index contributed by atoms with van der Waals surface area (Å²) in [6, 6.07) is 33.0. The van der Waals surface area contributed by atoms with Crippen LogP contribution in [-0.4, -0.2) is 81.6 Å². The second kappa shape index (κ2) is 23.4. The number of imidazole rings is 2. The molecule has 4 aromatic carbocycles. The van der Waals surface area contributed by atoms with Gasteiger partial charge in [0.1, 0.15) is 11.6 Å². The average molecular weight is 913 g/mol. The van der Waals surface area contributed by atoms with Gasteiger partial charge in [-0.2, -0.15) is 0 Å². The van der Waals surface area contributed by atoms with Crippen LogP contribution in [0.3, 0.4) is 0 Å². The minimum absolute atomic E-state index is 0.382. The number of ether oxygens (including phenoxy) is 1. The zero-order valence-electron chi connectivity index (χ0n) is 30.6. The average Bonchev–Trinajstić information content (AvgIpc) is 4.02. The van der Waals surface area contributed by atoms with Crippen LogP contribution >= 0.6 is 40.6 Å². The molecule has 9 rings (SSSR count). The number of benzene rings is 4. The predicted molar refractivity (Wildman–Crippen MR) is 223 cm³/mol. The minimum atomic E-state index is 0.382. The Balaban J connectivity index is 0.000000166. The quantitative estimate of drug-likeness (QED) is 0.159. The van der Waals surface area contributed by atoms with Crippen LogP contribution in [0.4, 0.5) is 11.4 Å². The summed E-state index contributed by atoms with van der Waals surface area (Å²) in [5.41, 5.74) is 11.6. The fourth-order valence-electron chi connectivity index (χ4n) is 6.50. The summed E-state index contributed by atoms with van der Waals surface area (Å²) < 4.78 is 4.94. The normalized spacial score (nSPS) is 13.9. The molecule has 55 heavy (non-hydrogen) atoms. The Labute approximate surface area is 352 Å². The number of nitrogens with zero attached hydrogens (tertiary/aromatic N) is 6. The second-order valence-electron chi connectivity index (χ2n) is 13.1.